The molecule has 0 saturated carbocycles. The molecule has 7 heteroatoms. The maximum atomic E-state index is 12.8. The number of carbonyl (C=O) groups is 2. The Morgan fingerprint density at radius 3 is 2.30 bits per heavy atom. The number of rotatable bonds is 4. The van der Waals surface area contributed by atoms with Gasteiger partial charge in [-0.2, -0.15) is 0 Å². The van der Waals surface area contributed by atoms with Gasteiger partial charge in [-0.1, -0.05) is 31.8 Å². The molecule has 0 aromatic rings. The normalized spacial score (nSPS) is 25.4. The molecule has 0 radical (unpaired) electrons. The van der Waals surface area contributed by atoms with Crippen molar-refractivity contribution in [3.63, 3.8) is 0 Å². The molecule has 0 spiro atoms. The largest absolute Gasteiger partial charge is 0.450 e. The molecular formula is C20H36N2O4Si. The third kappa shape index (κ3) is 5.50. The summed E-state index contributed by atoms with van der Waals surface area (Å²) in [5, 5.41) is 0. The molecule has 2 fully saturated rings. The van der Waals surface area contributed by atoms with Gasteiger partial charge in [0.2, 0.25) is 0 Å². The number of amides is 2. The SMILES string of the molecule is C=C(C)[C@H]1[C@@H]2CC[C@H](CN1C(=O)OCC[Si](C)(C)C)N2C(=O)OC(C)(C)C. The van der Waals surface area contributed by atoms with E-state index in [0.29, 0.717) is 13.2 Å². The molecule has 2 heterocycles. The Kier molecular flexibility index (Phi) is 6.34. The van der Waals surface area contributed by atoms with Gasteiger partial charge in [-0.25, -0.2) is 9.59 Å². The van der Waals surface area contributed by atoms with E-state index in [0.717, 1.165) is 24.5 Å². The zero-order valence-electron chi connectivity index (χ0n) is 18.0. The number of hydrogen-bond donors (Lipinski definition) is 0. The lowest BCUT2D eigenvalue weighted by molar-refractivity contribution is -0.0160. The van der Waals surface area contributed by atoms with Crippen LogP contribution in [0.2, 0.25) is 25.7 Å². The highest BCUT2D eigenvalue weighted by Crippen LogP contribution is 2.38. The Morgan fingerprint density at radius 2 is 1.78 bits per heavy atom. The van der Waals surface area contributed by atoms with E-state index in [4.69, 9.17) is 9.47 Å². The Hall–Kier alpha value is -1.50. The second kappa shape index (κ2) is 7.85. The van der Waals surface area contributed by atoms with Gasteiger partial charge in [0.05, 0.1) is 24.7 Å². The van der Waals surface area contributed by atoms with Crippen molar-refractivity contribution in [1.82, 2.24) is 9.80 Å². The highest BCUT2D eigenvalue weighted by molar-refractivity contribution is 6.76. The van der Waals surface area contributed by atoms with Gasteiger partial charge in [-0.3, -0.25) is 9.80 Å². The summed E-state index contributed by atoms with van der Waals surface area (Å²) >= 11 is 0. The Labute approximate surface area is 164 Å². The number of ether oxygens (including phenoxy) is 2. The summed E-state index contributed by atoms with van der Waals surface area (Å²) in [4.78, 5) is 29.1. The first-order chi connectivity index (χ1) is 12.3. The standard InChI is InChI=1S/C20H36N2O4Si/c1-14(2)17-16-10-9-15(22(16)19(24)26-20(3,4)5)13-21(17)18(23)25-11-12-27(6,7)8/h15-17H,1,9-13H2,2-8H3/t15-,16+,17+/m1/s1. The smallest absolute Gasteiger partial charge is 0.410 e. The molecule has 6 nitrogen and oxygen atoms in total. The van der Waals surface area contributed by atoms with Crippen LogP contribution >= 0.6 is 0 Å². The number of nitrogens with zero attached hydrogens (tertiary/aromatic N) is 2. The molecule has 0 aromatic carbocycles. The summed E-state index contributed by atoms with van der Waals surface area (Å²) in [5.41, 5.74) is 0.332. The molecule has 154 valence electrons. The van der Waals surface area contributed by atoms with E-state index in [2.05, 4.69) is 26.2 Å². The zero-order chi connectivity index (χ0) is 20.6. The van der Waals surface area contributed by atoms with Crippen LogP contribution in [0.25, 0.3) is 0 Å². The van der Waals surface area contributed by atoms with Gasteiger partial charge >= 0.3 is 12.2 Å². The fourth-order valence-electron chi connectivity index (χ4n) is 3.86. The van der Waals surface area contributed by atoms with Crippen molar-refractivity contribution < 1.29 is 19.1 Å². The van der Waals surface area contributed by atoms with Gasteiger partial charge < -0.3 is 9.47 Å². The molecule has 2 rings (SSSR count). The van der Waals surface area contributed by atoms with Gasteiger partial charge in [-0.15, -0.1) is 0 Å². The number of fused-ring (bicyclic) bond motifs is 2. The van der Waals surface area contributed by atoms with Crippen LogP contribution in [0.15, 0.2) is 12.2 Å². The lowest BCUT2D eigenvalue weighted by Crippen LogP contribution is -2.63. The fourth-order valence-corrected chi connectivity index (χ4v) is 4.57. The Bertz CT molecular complexity index is 594. The number of likely N-dealkylation sites (tertiary alicyclic amines) is 1. The van der Waals surface area contributed by atoms with Gasteiger partial charge in [0.1, 0.15) is 5.60 Å². The van der Waals surface area contributed by atoms with Gasteiger partial charge in [0.25, 0.3) is 0 Å². The first kappa shape index (κ1) is 21.8. The highest BCUT2D eigenvalue weighted by Gasteiger charge is 2.51. The summed E-state index contributed by atoms with van der Waals surface area (Å²) in [7, 11) is -1.26. The van der Waals surface area contributed by atoms with Crippen molar-refractivity contribution in [2.45, 2.75) is 89.9 Å². The summed E-state index contributed by atoms with van der Waals surface area (Å²) in [5.74, 6) is 0. The number of hydrogen-bond acceptors (Lipinski definition) is 4. The first-order valence-corrected chi connectivity index (χ1v) is 13.6. The van der Waals surface area contributed by atoms with Crippen molar-refractivity contribution in [2.75, 3.05) is 13.2 Å². The molecule has 2 saturated heterocycles. The van der Waals surface area contributed by atoms with Crippen molar-refractivity contribution in [3.8, 4) is 0 Å². The van der Waals surface area contributed by atoms with Crippen LogP contribution in [0.3, 0.4) is 0 Å². The monoisotopic (exact) mass is 396 g/mol. The summed E-state index contributed by atoms with van der Waals surface area (Å²) in [6.07, 6.45) is 1.13. The topological polar surface area (TPSA) is 59.1 Å². The van der Waals surface area contributed by atoms with Crippen LogP contribution in [-0.4, -0.2) is 66.9 Å². The van der Waals surface area contributed by atoms with Gasteiger partial charge in [-0.05, 0) is 46.6 Å². The second-order valence-electron chi connectivity index (χ2n) is 10.1. The van der Waals surface area contributed by atoms with E-state index < -0.39 is 13.7 Å². The highest BCUT2D eigenvalue weighted by atomic mass is 28.3. The Morgan fingerprint density at radius 1 is 1.15 bits per heavy atom. The second-order valence-corrected chi connectivity index (χ2v) is 15.7. The van der Waals surface area contributed by atoms with E-state index in [-0.39, 0.29) is 30.3 Å². The molecule has 0 unspecified atom stereocenters. The molecule has 0 N–H and O–H groups in total. The quantitative estimate of drug-likeness (QED) is 0.519. The predicted octanol–water partition coefficient (Wildman–Crippen LogP) is 4.49. The summed E-state index contributed by atoms with van der Waals surface area (Å²) < 4.78 is 11.2. The molecule has 2 aliphatic heterocycles. The molecule has 2 aliphatic rings. The minimum Gasteiger partial charge on any atom is -0.450 e. The molecular weight excluding hydrogens is 360 g/mol. The molecule has 2 bridgehead atoms. The van der Waals surface area contributed by atoms with Gasteiger partial charge in [0, 0.05) is 14.6 Å². The average molecular weight is 397 g/mol. The van der Waals surface area contributed by atoms with E-state index >= 15 is 0 Å². The van der Waals surface area contributed by atoms with E-state index in [1.807, 2.05) is 32.6 Å². The third-order valence-electron chi connectivity index (χ3n) is 5.08. The molecule has 27 heavy (non-hydrogen) atoms. The van der Waals surface area contributed by atoms with Crippen molar-refractivity contribution >= 4 is 20.3 Å². The predicted molar refractivity (Wildman–Crippen MR) is 110 cm³/mol. The van der Waals surface area contributed by atoms with E-state index in [1.54, 1.807) is 4.90 Å². The molecule has 0 aromatic heterocycles. The number of carbonyl (C=O) groups excluding carboxylic acids is 2. The average Bonchev–Trinajstić information content (AvgIpc) is 2.77. The van der Waals surface area contributed by atoms with Crippen molar-refractivity contribution in [2.24, 2.45) is 0 Å². The zero-order valence-corrected chi connectivity index (χ0v) is 19.0. The lowest BCUT2D eigenvalue weighted by atomic mass is 9.97. The summed E-state index contributed by atoms with van der Waals surface area (Å²) in [6, 6.07) is 0.600. The maximum absolute atomic E-state index is 12.8. The van der Waals surface area contributed by atoms with Gasteiger partial charge in [0.15, 0.2) is 0 Å². The molecule has 0 aliphatic carbocycles. The molecule has 3 atom stereocenters. The summed E-state index contributed by atoms with van der Waals surface area (Å²) in [6.45, 7) is 19.3. The lowest BCUT2D eigenvalue weighted by Gasteiger charge is -2.46. The minimum absolute atomic E-state index is 0.0232. The van der Waals surface area contributed by atoms with Crippen LogP contribution in [0.4, 0.5) is 9.59 Å². The van der Waals surface area contributed by atoms with E-state index in [9.17, 15) is 9.59 Å². The minimum atomic E-state index is -1.26. The number of piperazine rings is 1. The third-order valence-corrected chi connectivity index (χ3v) is 6.78. The van der Waals surface area contributed by atoms with Crippen molar-refractivity contribution in [1.29, 1.82) is 0 Å². The Balaban J connectivity index is 2.12. The van der Waals surface area contributed by atoms with E-state index in [1.165, 1.54) is 0 Å². The maximum Gasteiger partial charge on any atom is 0.410 e. The van der Waals surface area contributed by atoms with Crippen LogP contribution in [0.1, 0.15) is 40.5 Å². The van der Waals surface area contributed by atoms with Crippen LogP contribution in [-0.2, 0) is 9.47 Å². The fraction of sp³-hybridized carbons (Fsp3) is 0.800. The van der Waals surface area contributed by atoms with Crippen LogP contribution < -0.4 is 0 Å². The van der Waals surface area contributed by atoms with Crippen molar-refractivity contribution in [3.05, 3.63) is 12.2 Å². The first-order valence-electron chi connectivity index (χ1n) is 9.90. The van der Waals surface area contributed by atoms with Crippen LogP contribution in [0, 0.1) is 0 Å². The van der Waals surface area contributed by atoms with Crippen LogP contribution in [0.5, 0.6) is 0 Å². The molecule has 2 amide bonds.